The first-order chi connectivity index (χ1) is 8.81. The lowest BCUT2D eigenvalue weighted by Gasteiger charge is -2.10. The Morgan fingerprint density at radius 1 is 1.37 bits per heavy atom. The minimum absolute atomic E-state index is 0.0379. The second-order valence-electron chi connectivity index (χ2n) is 3.50. The molecule has 8 nitrogen and oxygen atoms in total. The molecule has 0 atom stereocenters. The Morgan fingerprint density at radius 3 is 2.32 bits per heavy atom. The molecule has 0 aliphatic heterocycles. The lowest BCUT2D eigenvalue weighted by atomic mass is 10.0. The van der Waals surface area contributed by atoms with Gasteiger partial charge >= 0.3 is 17.9 Å². The van der Waals surface area contributed by atoms with Crippen molar-refractivity contribution in [3.63, 3.8) is 0 Å². The van der Waals surface area contributed by atoms with Gasteiger partial charge in [0.2, 0.25) is 0 Å². The molecule has 0 aliphatic carbocycles. The minimum Gasteiger partial charge on any atom is -0.480 e. The second kappa shape index (κ2) is 5.83. The molecule has 0 unspecified atom stereocenters. The molecule has 0 aliphatic rings. The fourth-order valence-electron chi connectivity index (χ4n) is 1.57. The molecule has 1 heterocycles. The summed E-state index contributed by atoms with van der Waals surface area (Å²) in [6.45, 7) is 1.65. The molecule has 0 bridgehead atoms. The SMILES string of the molecule is CCOC(=O)c1c(Br)nn(C)c1C(C(=O)O)C(=O)O. The number of aliphatic carboxylic acids is 2. The third-order valence-electron chi connectivity index (χ3n) is 2.30. The molecule has 0 fully saturated rings. The van der Waals surface area contributed by atoms with Crippen molar-refractivity contribution >= 4 is 33.8 Å². The third kappa shape index (κ3) is 2.92. The van der Waals surface area contributed by atoms with Crippen LogP contribution in [0.25, 0.3) is 0 Å². The quantitative estimate of drug-likeness (QED) is 0.598. The van der Waals surface area contributed by atoms with Gasteiger partial charge in [-0.3, -0.25) is 14.3 Å². The van der Waals surface area contributed by atoms with Crippen molar-refractivity contribution in [2.24, 2.45) is 7.05 Å². The predicted molar refractivity (Wildman–Crippen MR) is 64.9 cm³/mol. The van der Waals surface area contributed by atoms with E-state index in [1.807, 2.05) is 0 Å². The second-order valence-corrected chi connectivity index (χ2v) is 4.26. The molecule has 0 aromatic carbocycles. The van der Waals surface area contributed by atoms with E-state index >= 15 is 0 Å². The van der Waals surface area contributed by atoms with E-state index in [-0.39, 0.29) is 22.5 Å². The van der Waals surface area contributed by atoms with Crippen molar-refractivity contribution in [3.8, 4) is 0 Å². The highest BCUT2D eigenvalue weighted by Crippen LogP contribution is 2.27. The van der Waals surface area contributed by atoms with Crippen LogP contribution in [0.15, 0.2) is 4.60 Å². The van der Waals surface area contributed by atoms with Crippen molar-refractivity contribution < 1.29 is 29.3 Å². The van der Waals surface area contributed by atoms with Crippen LogP contribution in [0.4, 0.5) is 0 Å². The number of esters is 1. The maximum absolute atomic E-state index is 11.8. The summed E-state index contributed by atoms with van der Waals surface area (Å²) in [5.74, 6) is -5.91. The van der Waals surface area contributed by atoms with Crippen LogP contribution in [0, 0.1) is 0 Å². The summed E-state index contributed by atoms with van der Waals surface area (Å²) in [6, 6.07) is 0. The van der Waals surface area contributed by atoms with Gasteiger partial charge in [0, 0.05) is 7.05 Å². The zero-order valence-corrected chi connectivity index (χ0v) is 11.7. The number of hydrogen-bond acceptors (Lipinski definition) is 5. The lowest BCUT2D eigenvalue weighted by Crippen LogP contribution is -2.26. The van der Waals surface area contributed by atoms with Crippen LogP contribution in [0.2, 0.25) is 0 Å². The Balaban J connectivity index is 3.45. The number of halogens is 1. The van der Waals surface area contributed by atoms with E-state index in [2.05, 4.69) is 21.0 Å². The van der Waals surface area contributed by atoms with Crippen molar-refractivity contribution in [2.45, 2.75) is 12.8 Å². The van der Waals surface area contributed by atoms with Crippen LogP contribution in [0.1, 0.15) is 28.9 Å². The Kier molecular flexibility index (Phi) is 4.65. The van der Waals surface area contributed by atoms with Crippen molar-refractivity contribution in [2.75, 3.05) is 6.61 Å². The molecular formula is C10H11BrN2O6. The largest absolute Gasteiger partial charge is 0.480 e. The van der Waals surface area contributed by atoms with E-state index in [0.717, 1.165) is 4.68 Å². The molecule has 9 heteroatoms. The van der Waals surface area contributed by atoms with Crippen LogP contribution in [0.3, 0.4) is 0 Å². The number of aryl methyl sites for hydroxylation is 1. The first-order valence-corrected chi connectivity index (χ1v) is 5.95. The van der Waals surface area contributed by atoms with Gasteiger partial charge in [-0.05, 0) is 22.9 Å². The number of carbonyl (C=O) groups is 3. The van der Waals surface area contributed by atoms with Gasteiger partial charge in [0.05, 0.1) is 12.3 Å². The van der Waals surface area contributed by atoms with Crippen LogP contribution < -0.4 is 0 Å². The van der Waals surface area contributed by atoms with Gasteiger partial charge in [0.25, 0.3) is 0 Å². The maximum Gasteiger partial charge on any atom is 0.342 e. The van der Waals surface area contributed by atoms with Crippen molar-refractivity contribution in [1.82, 2.24) is 9.78 Å². The van der Waals surface area contributed by atoms with Gasteiger partial charge in [-0.1, -0.05) is 0 Å². The van der Waals surface area contributed by atoms with Gasteiger partial charge in [0.15, 0.2) is 5.92 Å². The molecule has 0 spiro atoms. The molecule has 0 amide bonds. The minimum atomic E-state index is -1.90. The molecule has 1 aromatic rings. The number of carbonyl (C=O) groups excluding carboxylic acids is 1. The molecule has 0 saturated heterocycles. The molecule has 2 N–H and O–H groups in total. The molecule has 19 heavy (non-hydrogen) atoms. The highest BCUT2D eigenvalue weighted by molar-refractivity contribution is 9.10. The lowest BCUT2D eigenvalue weighted by molar-refractivity contribution is -0.150. The number of nitrogens with zero attached hydrogens (tertiary/aromatic N) is 2. The van der Waals surface area contributed by atoms with Gasteiger partial charge in [-0.25, -0.2) is 4.79 Å². The van der Waals surface area contributed by atoms with Crippen molar-refractivity contribution in [1.29, 1.82) is 0 Å². The molecular weight excluding hydrogens is 324 g/mol. The van der Waals surface area contributed by atoms with Gasteiger partial charge in [0.1, 0.15) is 10.2 Å². The van der Waals surface area contributed by atoms with E-state index in [1.54, 1.807) is 6.92 Å². The first-order valence-electron chi connectivity index (χ1n) is 5.16. The molecule has 1 aromatic heterocycles. The molecule has 0 saturated carbocycles. The highest BCUT2D eigenvalue weighted by atomic mass is 79.9. The monoisotopic (exact) mass is 334 g/mol. The summed E-state index contributed by atoms with van der Waals surface area (Å²) >= 11 is 2.99. The fraction of sp³-hybridized carbons (Fsp3) is 0.400. The number of aromatic nitrogens is 2. The predicted octanol–water partition coefficient (Wildman–Crippen LogP) is 0.612. The van der Waals surface area contributed by atoms with Gasteiger partial charge in [-0.2, -0.15) is 5.10 Å². The number of hydrogen-bond donors (Lipinski definition) is 2. The summed E-state index contributed by atoms with van der Waals surface area (Å²) in [7, 11) is 1.35. The number of ether oxygens (including phenoxy) is 1. The summed E-state index contributed by atoms with van der Waals surface area (Å²) in [5, 5.41) is 21.8. The standard InChI is InChI=1S/C10H11BrN2O6/c1-3-19-10(18)4-6(13(2)12-7(4)11)5(8(14)15)9(16)17/h5H,3H2,1-2H3,(H,14,15)(H,16,17). The van der Waals surface area contributed by atoms with E-state index in [9.17, 15) is 14.4 Å². The zero-order chi connectivity index (χ0) is 14.7. The zero-order valence-electron chi connectivity index (χ0n) is 10.1. The summed E-state index contributed by atoms with van der Waals surface area (Å²) in [4.78, 5) is 33.9. The number of carboxylic acid groups (broad SMARTS) is 2. The Bertz CT molecular complexity index is 524. The molecule has 104 valence electrons. The van der Waals surface area contributed by atoms with E-state index in [4.69, 9.17) is 14.9 Å². The molecule has 0 radical (unpaired) electrons. The number of rotatable bonds is 5. The highest BCUT2D eigenvalue weighted by Gasteiger charge is 2.37. The summed E-state index contributed by atoms with van der Waals surface area (Å²) in [5.41, 5.74) is -0.440. The van der Waals surface area contributed by atoms with Crippen LogP contribution in [-0.2, 0) is 21.4 Å². The smallest absolute Gasteiger partial charge is 0.342 e. The topological polar surface area (TPSA) is 119 Å². The van der Waals surface area contributed by atoms with Crippen LogP contribution in [0.5, 0.6) is 0 Å². The van der Waals surface area contributed by atoms with E-state index in [1.165, 1.54) is 7.05 Å². The fourth-order valence-corrected chi connectivity index (χ4v) is 2.17. The average molecular weight is 335 g/mol. The average Bonchev–Trinajstić information content (AvgIpc) is 2.53. The molecule has 1 rings (SSSR count). The Morgan fingerprint density at radius 2 is 1.89 bits per heavy atom. The van der Waals surface area contributed by atoms with E-state index in [0.29, 0.717) is 0 Å². The Hall–Kier alpha value is -1.90. The van der Waals surface area contributed by atoms with Crippen LogP contribution in [-0.4, -0.2) is 44.5 Å². The normalized spacial score (nSPS) is 10.5. The van der Waals surface area contributed by atoms with E-state index < -0.39 is 23.8 Å². The first kappa shape index (κ1) is 15.2. The third-order valence-corrected chi connectivity index (χ3v) is 2.85. The van der Waals surface area contributed by atoms with Crippen LogP contribution >= 0.6 is 15.9 Å². The van der Waals surface area contributed by atoms with Gasteiger partial charge < -0.3 is 14.9 Å². The number of carboxylic acids is 2. The van der Waals surface area contributed by atoms with Crippen molar-refractivity contribution in [3.05, 3.63) is 15.9 Å². The maximum atomic E-state index is 11.8. The van der Waals surface area contributed by atoms with Gasteiger partial charge in [-0.15, -0.1) is 0 Å². The summed E-state index contributed by atoms with van der Waals surface area (Å²) < 4.78 is 5.83. The Labute approximate surface area is 116 Å². The summed E-state index contributed by atoms with van der Waals surface area (Å²) in [6.07, 6.45) is 0.